The number of oxazole rings is 1. The van der Waals surface area contributed by atoms with Crippen LogP contribution in [0.2, 0.25) is 0 Å². The molecule has 2 saturated heterocycles. The fourth-order valence-corrected chi connectivity index (χ4v) is 5.22. The number of rotatable bonds is 7. The van der Waals surface area contributed by atoms with E-state index in [9.17, 15) is 0 Å². The Kier molecular flexibility index (Phi) is 6.89. The lowest BCUT2D eigenvalue weighted by Gasteiger charge is -2.27. The smallest absolute Gasteiger partial charge is 0.181 e. The zero-order valence-corrected chi connectivity index (χ0v) is 18.9. The van der Waals surface area contributed by atoms with Gasteiger partial charge in [0.2, 0.25) is 0 Å². The SMILES string of the molecule is C/C(=N\N=C(/C)c1ocnc1C)SCCCN1CC2CCN(c3ccccc3)C2C1. The number of likely N-dealkylation sites (tertiary alicyclic amines) is 1. The van der Waals surface area contributed by atoms with Gasteiger partial charge in [-0.15, -0.1) is 16.9 Å². The lowest BCUT2D eigenvalue weighted by Crippen LogP contribution is -2.35. The summed E-state index contributed by atoms with van der Waals surface area (Å²) in [6.07, 6.45) is 3.94. The topological polar surface area (TPSA) is 57.2 Å². The van der Waals surface area contributed by atoms with E-state index in [4.69, 9.17) is 4.42 Å². The fourth-order valence-electron chi connectivity index (χ4n) is 4.55. The molecular formula is C23H31N5OS. The number of aromatic nitrogens is 1. The van der Waals surface area contributed by atoms with E-state index in [0.29, 0.717) is 11.8 Å². The minimum absolute atomic E-state index is 0.681. The molecule has 2 aromatic rings. The number of benzene rings is 1. The highest BCUT2D eigenvalue weighted by atomic mass is 32.2. The molecule has 7 heteroatoms. The van der Waals surface area contributed by atoms with Gasteiger partial charge in [-0.3, -0.25) is 0 Å². The molecule has 3 heterocycles. The summed E-state index contributed by atoms with van der Waals surface area (Å²) in [5, 5.41) is 9.62. The van der Waals surface area contributed by atoms with Gasteiger partial charge in [-0.2, -0.15) is 5.10 Å². The van der Waals surface area contributed by atoms with E-state index in [0.717, 1.165) is 34.7 Å². The first-order chi connectivity index (χ1) is 14.6. The molecule has 0 radical (unpaired) electrons. The molecule has 0 bridgehead atoms. The average Bonchev–Trinajstić information content (AvgIpc) is 3.45. The van der Waals surface area contributed by atoms with Crippen LogP contribution in [0, 0.1) is 12.8 Å². The maximum absolute atomic E-state index is 5.35. The van der Waals surface area contributed by atoms with Crippen LogP contribution in [0.1, 0.15) is 38.1 Å². The van der Waals surface area contributed by atoms with Gasteiger partial charge in [-0.25, -0.2) is 4.98 Å². The molecule has 0 aliphatic carbocycles. The molecule has 2 unspecified atom stereocenters. The third kappa shape index (κ3) is 4.95. The molecule has 2 aliphatic rings. The highest BCUT2D eigenvalue weighted by Crippen LogP contribution is 2.34. The van der Waals surface area contributed by atoms with E-state index in [2.05, 4.69) is 55.3 Å². The van der Waals surface area contributed by atoms with Crippen molar-refractivity contribution in [1.29, 1.82) is 0 Å². The van der Waals surface area contributed by atoms with Gasteiger partial charge in [0.15, 0.2) is 12.2 Å². The second kappa shape index (κ2) is 9.79. The monoisotopic (exact) mass is 425 g/mol. The number of aryl methyl sites for hydroxylation is 1. The summed E-state index contributed by atoms with van der Waals surface area (Å²) >= 11 is 1.78. The largest absolute Gasteiger partial charge is 0.442 e. The number of para-hydroxylation sites is 1. The van der Waals surface area contributed by atoms with Gasteiger partial charge in [0.1, 0.15) is 5.71 Å². The lowest BCUT2D eigenvalue weighted by atomic mass is 10.1. The summed E-state index contributed by atoms with van der Waals surface area (Å²) < 4.78 is 5.35. The quantitative estimate of drug-likeness (QED) is 0.284. The van der Waals surface area contributed by atoms with Crippen LogP contribution >= 0.6 is 11.8 Å². The third-order valence-electron chi connectivity index (χ3n) is 6.06. The van der Waals surface area contributed by atoms with E-state index in [1.54, 1.807) is 11.8 Å². The van der Waals surface area contributed by atoms with E-state index >= 15 is 0 Å². The standard InChI is InChI=1S/C23H31N5OS/c1-17-23(29-16-24-17)18(2)25-26-19(3)30-13-7-11-27-14-20-10-12-28(22(20)15-27)21-8-5-4-6-9-21/h4-6,8-9,16,20,22H,7,10-15H2,1-3H3/b25-18+,26-19+. The molecule has 1 aromatic carbocycles. The predicted octanol–water partition coefficient (Wildman–Crippen LogP) is 4.46. The molecular weight excluding hydrogens is 394 g/mol. The Labute approximate surface area is 183 Å². The number of hydrogen-bond acceptors (Lipinski definition) is 7. The van der Waals surface area contributed by atoms with Crippen LogP contribution in [0.3, 0.4) is 0 Å². The summed E-state index contributed by atoms with van der Waals surface area (Å²) in [5.41, 5.74) is 2.99. The van der Waals surface area contributed by atoms with Crippen molar-refractivity contribution in [2.24, 2.45) is 16.1 Å². The first kappa shape index (κ1) is 21.1. The van der Waals surface area contributed by atoms with Gasteiger partial charge in [0.05, 0.1) is 10.7 Å². The molecule has 0 N–H and O–H groups in total. The Morgan fingerprint density at radius 2 is 2.03 bits per heavy atom. The van der Waals surface area contributed by atoms with Crippen LogP contribution in [0.15, 0.2) is 51.3 Å². The normalized spacial score (nSPS) is 22.7. The van der Waals surface area contributed by atoms with Gasteiger partial charge in [0.25, 0.3) is 0 Å². The van der Waals surface area contributed by atoms with Crippen LogP contribution in [0.4, 0.5) is 5.69 Å². The van der Waals surface area contributed by atoms with Crippen LogP contribution < -0.4 is 4.90 Å². The Morgan fingerprint density at radius 1 is 1.20 bits per heavy atom. The molecule has 4 rings (SSSR count). The lowest BCUT2D eigenvalue weighted by molar-refractivity contribution is 0.319. The summed E-state index contributed by atoms with van der Waals surface area (Å²) in [4.78, 5) is 9.36. The fraction of sp³-hybridized carbons (Fsp3) is 0.522. The molecule has 2 fully saturated rings. The number of nitrogens with zero attached hydrogens (tertiary/aromatic N) is 5. The number of fused-ring (bicyclic) bond motifs is 1. The molecule has 160 valence electrons. The second-order valence-corrected chi connectivity index (χ2v) is 9.47. The second-order valence-electron chi connectivity index (χ2n) is 8.18. The molecule has 0 spiro atoms. The summed E-state index contributed by atoms with van der Waals surface area (Å²) in [5.74, 6) is 2.60. The Hall–Kier alpha value is -2.12. The predicted molar refractivity (Wildman–Crippen MR) is 126 cm³/mol. The highest BCUT2D eigenvalue weighted by Gasteiger charge is 2.40. The molecule has 6 nitrogen and oxygen atoms in total. The van der Waals surface area contributed by atoms with Crippen LogP contribution in [-0.4, -0.2) is 58.6 Å². The van der Waals surface area contributed by atoms with E-state index in [-0.39, 0.29) is 0 Å². The zero-order chi connectivity index (χ0) is 20.9. The maximum Gasteiger partial charge on any atom is 0.181 e. The number of hydrogen-bond donors (Lipinski definition) is 0. The van der Waals surface area contributed by atoms with Crippen LogP contribution in [0.25, 0.3) is 0 Å². The Morgan fingerprint density at radius 3 is 2.80 bits per heavy atom. The summed E-state index contributed by atoms with van der Waals surface area (Å²) in [6, 6.07) is 11.6. The Balaban J connectivity index is 1.20. The molecule has 0 amide bonds. The first-order valence-electron chi connectivity index (χ1n) is 10.8. The third-order valence-corrected chi connectivity index (χ3v) is 7.05. The molecule has 0 saturated carbocycles. The zero-order valence-electron chi connectivity index (χ0n) is 18.1. The molecule has 30 heavy (non-hydrogen) atoms. The molecule has 2 aliphatic heterocycles. The van der Waals surface area contributed by atoms with Gasteiger partial charge in [-0.05, 0) is 58.2 Å². The summed E-state index contributed by atoms with van der Waals surface area (Å²) in [7, 11) is 0. The van der Waals surface area contributed by atoms with Crippen LogP contribution in [0.5, 0.6) is 0 Å². The van der Waals surface area contributed by atoms with Crippen molar-refractivity contribution in [3.05, 3.63) is 48.2 Å². The van der Waals surface area contributed by atoms with Gasteiger partial charge < -0.3 is 14.2 Å². The van der Waals surface area contributed by atoms with Crippen molar-refractivity contribution in [1.82, 2.24) is 9.88 Å². The number of anilines is 1. The van der Waals surface area contributed by atoms with Crippen molar-refractivity contribution in [2.45, 2.75) is 39.7 Å². The average molecular weight is 426 g/mol. The maximum atomic E-state index is 5.35. The van der Waals surface area contributed by atoms with Crippen LogP contribution in [-0.2, 0) is 0 Å². The Bertz CT molecular complexity index is 894. The van der Waals surface area contributed by atoms with Crippen molar-refractivity contribution in [3.63, 3.8) is 0 Å². The number of thioether (sulfide) groups is 1. The first-order valence-corrected chi connectivity index (χ1v) is 11.8. The highest BCUT2D eigenvalue weighted by molar-refractivity contribution is 8.13. The van der Waals surface area contributed by atoms with Gasteiger partial charge in [0, 0.05) is 37.1 Å². The van der Waals surface area contributed by atoms with E-state index in [1.807, 2.05) is 20.8 Å². The van der Waals surface area contributed by atoms with Crippen molar-refractivity contribution >= 4 is 28.2 Å². The van der Waals surface area contributed by atoms with Crippen molar-refractivity contribution in [3.8, 4) is 0 Å². The van der Waals surface area contributed by atoms with Gasteiger partial charge in [-0.1, -0.05) is 18.2 Å². The van der Waals surface area contributed by atoms with E-state index in [1.165, 1.54) is 44.6 Å². The molecule has 2 atom stereocenters. The minimum Gasteiger partial charge on any atom is -0.442 e. The van der Waals surface area contributed by atoms with Crippen molar-refractivity contribution in [2.75, 3.05) is 36.8 Å². The van der Waals surface area contributed by atoms with E-state index < -0.39 is 0 Å². The van der Waals surface area contributed by atoms with Gasteiger partial charge >= 0.3 is 0 Å². The van der Waals surface area contributed by atoms with Crippen molar-refractivity contribution < 1.29 is 4.42 Å². The minimum atomic E-state index is 0.681. The summed E-state index contributed by atoms with van der Waals surface area (Å²) in [6.45, 7) is 10.6. The molecule has 1 aromatic heterocycles.